The number of hydrogen-bond donors (Lipinski definition) is 1. The zero-order valence-corrected chi connectivity index (χ0v) is 17.1. The molecule has 1 N–H and O–H groups in total. The van der Waals surface area contributed by atoms with Crippen LogP contribution in [0.4, 0.5) is 11.4 Å². The van der Waals surface area contributed by atoms with Crippen LogP contribution in [-0.4, -0.2) is 20.9 Å². The Hall–Kier alpha value is -2.34. The number of carbonyl (C=O) groups excluding carboxylic acids is 1. The Morgan fingerprint density at radius 1 is 1.15 bits per heavy atom. The zero-order chi connectivity index (χ0) is 19.8. The van der Waals surface area contributed by atoms with Gasteiger partial charge in [-0.2, -0.15) is 0 Å². The van der Waals surface area contributed by atoms with Gasteiger partial charge >= 0.3 is 0 Å². The van der Waals surface area contributed by atoms with E-state index in [9.17, 15) is 13.2 Å². The van der Waals surface area contributed by atoms with E-state index in [0.29, 0.717) is 12.2 Å². The molecular formula is C21H26N2O3S. The van der Waals surface area contributed by atoms with Gasteiger partial charge in [0.05, 0.1) is 11.4 Å². The normalized spacial score (nSPS) is 14.1. The Labute approximate surface area is 161 Å². The van der Waals surface area contributed by atoms with Gasteiger partial charge in [-0.3, -0.25) is 9.52 Å². The Bertz CT molecular complexity index is 975. The molecule has 144 valence electrons. The van der Waals surface area contributed by atoms with Crippen molar-refractivity contribution in [3.05, 3.63) is 59.2 Å². The standard InChI is InChI=1S/C21H26N2O3S/c1-15-7-5-6-8-17(15)14-27(25,26)22-18-10-9-16-11-12-23(19(16)13-18)20(24)21(2,3)4/h5-10,13,22H,11-12,14H2,1-4H3. The third kappa shape index (κ3) is 4.33. The van der Waals surface area contributed by atoms with Crippen molar-refractivity contribution in [1.82, 2.24) is 0 Å². The first kappa shape index (κ1) is 19.4. The van der Waals surface area contributed by atoms with Gasteiger partial charge in [-0.15, -0.1) is 0 Å². The topological polar surface area (TPSA) is 66.5 Å². The van der Waals surface area contributed by atoms with Crippen LogP contribution in [0.3, 0.4) is 0 Å². The van der Waals surface area contributed by atoms with Crippen molar-refractivity contribution in [2.24, 2.45) is 5.41 Å². The lowest BCUT2D eigenvalue weighted by atomic mass is 9.94. The van der Waals surface area contributed by atoms with Crippen molar-refractivity contribution in [1.29, 1.82) is 0 Å². The molecule has 3 rings (SSSR count). The van der Waals surface area contributed by atoms with Crippen LogP contribution >= 0.6 is 0 Å². The summed E-state index contributed by atoms with van der Waals surface area (Å²) >= 11 is 0. The summed E-state index contributed by atoms with van der Waals surface area (Å²) < 4.78 is 27.9. The highest BCUT2D eigenvalue weighted by Crippen LogP contribution is 2.34. The van der Waals surface area contributed by atoms with E-state index < -0.39 is 15.4 Å². The largest absolute Gasteiger partial charge is 0.311 e. The number of carbonyl (C=O) groups is 1. The molecule has 27 heavy (non-hydrogen) atoms. The quantitative estimate of drug-likeness (QED) is 0.867. The van der Waals surface area contributed by atoms with Gasteiger partial charge in [0, 0.05) is 17.6 Å². The van der Waals surface area contributed by atoms with E-state index in [1.165, 1.54) is 0 Å². The number of benzene rings is 2. The summed E-state index contributed by atoms with van der Waals surface area (Å²) in [5.41, 5.74) is 3.58. The van der Waals surface area contributed by atoms with Crippen LogP contribution < -0.4 is 9.62 Å². The van der Waals surface area contributed by atoms with Crippen LogP contribution in [0.5, 0.6) is 0 Å². The summed E-state index contributed by atoms with van der Waals surface area (Å²) in [4.78, 5) is 14.5. The predicted octanol–water partition coefficient (Wildman–Crippen LogP) is 3.87. The first-order chi connectivity index (χ1) is 12.6. The van der Waals surface area contributed by atoms with Crippen molar-refractivity contribution >= 4 is 27.3 Å². The maximum atomic E-state index is 12.7. The number of rotatable bonds is 4. The maximum absolute atomic E-state index is 12.7. The van der Waals surface area contributed by atoms with E-state index in [1.54, 1.807) is 17.0 Å². The number of nitrogens with zero attached hydrogens (tertiary/aromatic N) is 1. The molecule has 1 amide bonds. The number of sulfonamides is 1. The van der Waals surface area contributed by atoms with Crippen molar-refractivity contribution in [3.8, 4) is 0 Å². The Morgan fingerprint density at radius 3 is 2.52 bits per heavy atom. The maximum Gasteiger partial charge on any atom is 0.236 e. The molecule has 0 saturated carbocycles. The van der Waals surface area contributed by atoms with E-state index in [-0.39, 0.29) is 11.7 Å². The molecule has 0 spiro atoms. The van der Waals surface area contributed by atoms with Gasteiger partial charge in [0.2, 0.25) is 15.9 Å². The lowest BCUT2D eigenvalue weighted by molar-refractivity contribution is -0.125. The summed E-state index contributed by atoms with van der Waals surface area (Å²) in [6.07, 6.45) is 0.785. The molecule has 0 aromatic heterocycles. The number of hydrogen-bond acceptors (Lipinski definition) is 3. The average molecular weight is 387 g/mol. The molecule has 1 aliphatic heterocycles. The van der Waals surface area contributed by atoms with Crippen LogP contribution in [-0.2, 0) is 27.0 Å². The minimum absolute atomic E-state index is 0.0427. The van der Waals surface area contributed by atoms with Gasteiger partial charge in [-0.25, -0.2) is 8.42 Å². The summed E-state index contributed by atoms with van der Waals surface area (Å²) in [7, 11) is -3.55. The summed E-state index contributed by atoms with van der Waals surface area (Å²) in [6.45, 7) is 8.20. The fourth-order valence-corrected chi connectivity index (χ4v) is 4.54. The third-order valence-corrected chi connectivity index (χ3v) is 5.99. The second kappa shape index (κ2) is 7.00. The molecule has 1 aliphatic rings. The molecule has 1 heterocycles. The summed E-state index contributed by atoms with van der Waals surface area (Å²) in [5, 5.41) is 0. The minimum atomic E-state index is -3.55. The molecule has 5 nitrogen and oxygen atoms in total. The number of nitrogens with one attached hydrogen (secondary N) is 1. The molecule has 0 saturated heterocycles. The second-order valence-corrected chi connectivity index (χ2v) is 9.81. The molecule has 0 bridgehead atoms. The lowest BCUT2D eigenvalue weighted by Gasteiger charge is -2.26. The van der Waals surface area contributed by atoms with Crippen LogP contribution in [0.2, 0.25) is 0 Å². The monoisotopic (exact) mass is 386 g/mol. The minimum Gasteiger partial charge on any atom is -0.311 e. The first-order valence-electron chi connectivity index (χ1n) is 9.07. The Kier molecular flexibility index (Phi) is 5.04. The van der Waals surface area contributed by atoms with E-state index in [2.05, 4.69) is 4.72 Å². The van der Waals surface area contributed by atoms with Crippen molar-refractivity contribution in [3.63, 3.8) is 0 Å². The Morgan fingerprint density at radius 2 is 1.85 bits per heavy atom. The van der Waals surface area contributed by atoms with E-state index >= 15 is 0 Å². The fraction of sp³-hybridized carbons (Fsp3) is 0.381. The summed E-state index contributed by atoms with van der Waals surface area (Å²) in [6, 6.07) is 12.9. The molecule has 2 aromatic rings. The van der Waals surface area contributed by atoms with Crippen molar-refractivity contribution in [2.45, 2.75) is 39.9 Å². The van der Waals surface area contributed by atoms with E-state index in [4.69, 9.17) is 0 Å². The molecule has 0 atom stereocenters. The number of aryl methyl sites for hydroxylation is 1. The van der Waals surface area contributed by atoms with Gasteiger partial charge in [-0.05, 0) is 42.2 Å². The van der Waals surface area contributed by atoms with E-state index in [1.807, 2.05) is 58.0 Å². The molecule has 2 aromatic carbocycles. The molecule has 6 heteroatoms. The SMILES string of the molecule is Cc1ccccc1CS(=O)(=O)Nc1ccc2c(c1)N(C(=O)C(C)(C)C)CC2. The van der Waals surface area contributed by atoms with Crippen LogP contribution in [0, 0.1) is 12.3 Å². The first-order valence-corrected chi connectivity index (χ1v) is 10.7. The van der Waals surface area contributed by atoms with Gasteiger partial charge in [-0.1, -0.05) is 51.1 Å². The van der Waals surface area contributed by atoms with Crippen molar-refractivity contribution in [2.75, 3.05) is 16.2 Å². The predicted molar refractivity (Wildman–Crippen MR) is 109 cm³/mol. The van der Waals surface area contributed by atoms with E-state index in [0.717, 1.165) is 28.8 Å². The van der Waals surface area contributed by atoms with Gasteiger partial charge in [0.1, 0.15) is 0 Å². The third-order valence-electron chi connectivity index (χ3n) is 4.75. The van der Waals surface area contributed by atoms with Gasteiger partial charge < -0.3 is 4.90 Å². The summed E-state index contributed by atoms with van der Waals surface area (Å²) in [5.74, 6) is -0.0392. The highest BCUT2D eigenvalue weighted by molar-refractivity contribution is 7.91. The molecular weight excluding hydrogens is 360 g/mol. The Balaban J connectivity index is 1.83. The second-order valence-electron chi connectivity index (χ2n) is 8.09. The average Bonchev–Trinajstić information content (AvgIpc) is 2.98. The number of fused-ring (bicyclic) bond motifs is 1. The fourth-order valence-electron chi connectivity index (χ4n) is 3.25. The molecule has 0 unspecified atom stereocenters. The highest BCUT2D eigenvalue weighted by Gasteiger charge is 2.32. The number of amides is 1. The molecule has 0 fully saturated rings. The smallest absolute Gasteiger partial charge is 0.236 e. The highest BCUT2D eigenvalue weighted by atomic mass is 32.2. The van der Waals surface area contributed by atoms with Crippen LogP contribution in [0.15, 0.2) is 42.5 Å². The lowest BCUT2D eigenvalue weighted by Crippen LogP contribution is -2.38. The number of anilines is 2. The molecule has 0 aliphatic carbocycles. The van der Waals surface area contributed by atoms with Gasteiger partial charge in [0.15, 0.2) is 0 Å². The van der Waals surface area contributed by atoms with Crippen LogP contribution in [0.25, 0.3) is 0 Å². The molecule has 0 radical (unpaired) electrons. The van der Waals surface area contributed by atoms with Crippen molar-refractivity contribution < 1.29 is 13.2 Å². The zero-order valence-electron chi connectivity index (χ0n) is 16.2. The van der Waals surface area contributed by atoms with Gasteiger partial charge in [0.25, 0.3) is 0 Å². The van der Waals surface area contributed by atoms with Crippen LogP contribution in [0.1, 0.15) is 37.5 Å².